The Morgan fingerprint density at radius 2 is 1.98 bits per heavy atom. The Kier molecular flexibility index (Phi) is 8.80. The largest absolute Gasteiger partial charge is 0.444 e. The third-order valence-corrected chi connectivity index (χ3v) is 6.44. The van der Waals surface area contributed by atoms with Crippen LogP contribution < -0.4 is 16.0 Å². The molecule has 11 nitrogen and oxygen atoms in total. The zero-order chi connectivity index (χ0) is 29.8. The lowest BCUT2D eigenvalue weighted by Crippen LogP contribution is -2.41. The van der Waals surface area contributed by atoms with Gasteiger partial charge in [0, 0.05) is 38.6 Å². The summed E-state index contributed by atoms with van der Waals surface area (Å²) in [6, 6.07) is 3.01. The Morgan fingerprint density at radius 3 is 2.60 bits per heavy atom. The number of hydrogen-bond donors (Lipinski definition) is 4. The third-order valence-electron chi connectivity index (χ3n) is 6.44. The highest BCUT2D eigenvalue weighted by atomic mass is 19.4. The van der Waals surface area contributed by atoms with Gasteiger partial charge in [0.05, 0.1) is 29.1 Å². The van der Waals surface area contributed by atoms with E-state index in [1.54, 1.807) is 20.9 Å². The van der Waals surface area contributed by atoms with Crippen LogP contribution in [-0.2, 0) is 9.59 Å². The maximum absolute atomic E-state index is 13.0. The van der Waals surface area contributed by atoms with Gasteiger partial charge in [0.1, 0.15) is 6.26 Å². The molecule has 0 bridgehead atoms. The smallest absolute Gasteiger partial charge is 0.392 e. The number of halogens is 3. The zero-order valence-corrected chi connectivity index (χ0v) is 22.6. The van der Waals surface area contributed by atoms with Crippen LogP contribution in [0.25, 0.3) is 17.0 Å². The fourth-order valence-corrected chi connectivity index (χ4v) is 4.07. The topological polar surface area (TPSA) is 153 Å². The average Bonchev–Trinajstić information content (AvgIpc) is 3.49. The first-order valence-electron chi connectivity index (χ1n) is 12.2. The van der Waals surface area contributed by atoms with E-state index in [1.165, 1.54) is 38.5 Å². The molecule has 0 radical (unpaired) electrons. The van der Waals surface area contributed by atoms with Crippen molar-refractivity contribution in [2.24, 2.45) is 11.3 Å². The molecule has 0 saturated carbocycles. The molecule has 0 spiro atoms. The number of likely N-dealkylation sites (tertiary alicyclic amines) is 1. The van der Waals surface area contributed by atoms with Gasteiger partial charge in [-0.2, -0.15) is 13.2 Å². The molecular formula is C26H30F3N7O4. The van der Waals surface area contributed by atoms with Crippen LogP contribution in [-0.4, -0.2) is 65.2 Å². The number of hydrogen-bond acceptors (Lipinski definition) is 8. The van der Waals surface area contributed by atoms with Crippen molar-refractivity contribution in [1.82, 2.24) is 30.8 Å². The number of carbonyl (C=O) groups is 3. The molecule has 3 heterocycles. The molecule has 3 rings (SSSR count). The summed E-state index contributed by atoms with van der Waals surface area (Å²) >= 11 is 0. The molecule has 1 unspecified atom stereocenters. The average molecular weight is 562 g/mol. The van der Waals surface area contributed by atoms with E-state index in [9.17, 15) is 27.6 Å². The van der Waals surface area contributed by atoms with Crippen LogP contribution >= 0.6 is 0 Å². The van der Waals surface area contributed by atoms with Crippen molar-refractivity contribution < 1.29 is 32.0 Å². The first-order chi connectivity index (χ1) is 18.7. The van der Waals surface area contributed by atoms with Crippen molar-refractivity contribution in [1.29, 1.82) is 5.41 Å². The highest BCUT2D eigenvalue weighted by molar-refractivity contribution is 6.12. The fourth-order valence-electron chi connectivity index (χ4n) is 4.07. The molecule has 2 aromatic heterocycles. The number of amidine groups is 1. The van der Waals surface area contributed by atoms with Gasteiger partial charge in [0.15, 0.2) is 11.5 Å². The summed E-state index contributed by atoms with van der Waals surface area (Å²) in [6.07, 6.45) is -0.629. The lowest BCUT2D eigenvalue weighted by atomic mass is 9.81. The number of carbonyl (C=O) groups excluding carboxylic acids is 3. The summed E-state index contributed by atoms with van der Waals surface area (Å²) in [5.41, 5.74) is -0.285. The quantitative estimate of drug-likeness (QED) is 0.285. The van der Waals surface area contributed by atoms with Crippen molar-refractivity contribution in [3.05, 3.63) is 54.0 Å². The highest BCUT2D eigenvalue weighted by Crippen LogP contribution is 2.37. The normalized spacial score (nSPS) is 17.6. The molecule has 1 saturated heterocycles. The Labute approximate surface area is 228 Å². The third kappa shape index (κ3) is 6.55. The summed E-state index contributed by atoms with van der Waals surface area (Å²) in [5.74, 6) is -2.53. The zero-order valence-electron chi connectivity index (χ0n) is 22.6. The van der Waals surface area contributed by atoms with Crippen molar-refractivity contribution in [3.63, 3.8) is 0 Å². The van der Waals surface area contributed by atoms with Gasteiger partial charge in [-0.05, 0) is 24.6 Å². The molecule has 1 aliphatic rings. The van der Waals surface area contributed by atoms with Crippen molar-refractivity contribution >= 4 is 29.1 Å². The number of alkyl halides is 3. The first kappa shape index (κ1) is 30.1. The Morgan fingerprint density at radius 1 is 1.27 bits per heavy atom. The molecule has 0 aliphatic carbocycles. The minimum Gasteiger partial charge on any atom is -0.444 e. The summed E-state index contributed by atoms with van der Waals surface area (Å²) in [4.78, 5) is 47.7. The van der Waals surface area contributed by atoms with Gasteiger partial charge in [-0.1, -0.05) is 19.9 Å². The van der Waals surface area contributed by atoms with Crippen LogP contribution in [0, 0.1) is 16.7 Å². The molecule has 4 N–H and O–H groups in total. The van der Waals surface area contributed by atoms with Gasteiger partial charge >= 0.3 is 6.18 Å². The van der Waals surface area contributed by atoms with Gasteiger partial charge in [-0.25, -0.2) is 4.98 Å². The van der Waals surface area contributed by atoms with Gasteiger partial charge in [0.25, 0.3) is 5.91 Å². The number of oxazole rings is 1. The minimum atomic E-state index is -4.34. The second-order valence-corrected chi connectivity index (χ2v) is 9.63. The van der Waals surface area contributed by atoms with E-state index in [1.807, 2.05) is 0 Å². The van der Waals surface area contributed by atoms with Gasteiger partial charge < -0.3 is 20.4 Å². The molecule has 1 fully saturated rings. The van der Waals surface area contributed by atoms with E-state index in [-0.39, 0.29) is 41.3 Å². The predicted octanol–water partition coefficient (Wildman–Crippen LogP) is 3.09. The van der Waals surface area contributed by atoms with Crippen LogP contribution in [0.3, 0.4) is 0 Å². The molecule has 3 amide bonds. The van der Waals surface area contributed by atoms with E-state index < -0.39 is 35.7 Å². The van der Waals surface area contributed by atoms with Gasteiger partial charge in [-0.3, -0.25) is 29.7 Å². The minimum absolute atomic E-state index is 0.0246. The van der Waals surface area contributed by atoms with Crippen molar-refractivity contribution in [2.45, 2.75) is 33.4 Å². The number of aromatic nitrogens is 2. The van der Waals surface area contributed by atoms with Crippen molar-refractivity contribution in [2.75, 3.05) is 20.6 Å². The fraction of sp³-hybridized carbons (Fsp3) is 0.385. The van der Waals surface area contributed by atoms with Crippen LogP contribution in [0.15, 0.2) is 47.0 Å². The maximum atomic E-state index is 13.0. The molecule has 40 heavy (non-hydrogen) atoms. The van der Waals surface area contributed by atoms with E-state index in [0.29, 0.717) is 11.1 Å². The summed E-state index contributed by atoms with van der Waals surface area (Å²) < 4.78 is 43.1. The van der Waals surface area contributed by atoms with Crippen molar-refractivity contribution in [3.8, 4) is 11.5 Å². The van der Waals surface area contributed by atoms with E-state index in [4.69, 9.17) is 9.83 Å². The molecule has 214 valence electrons. The lowest BCUT2D eigenvalue weighted by Gasteiger charge is -2.22. The van der Waals surface area contributed by atoms with Crippen LogP contribution in [0.4, 0.5) is 13.2 Å². The number of pyridine rings is 1. The molecule has 2 aromatic rings. The Bertz CT molecular complexity index is 1380. The van der Waals surface area contributed by atoms with E-state index >= 15 is 0 Å². The standard InChI is InChI=1S/C26H30F3N7O4/c1-14(6-8-26(27,28)29)17-10-15(7-9-33-17)23-35-19(13-40-23)22(38)34-18(11-31-4)20(30)36-12-16(21(37)32-5)25(2,3)24(36)39/h6-7,9-11,13,16,30-31H,8,12H2,1-5H3,(H,32,37)(H,34,38)/b14-6-,18-11+,30-20?. The van der Waals surface area contributed by atoms with E-state index in [0.717, 1.165) is 17.2 Å². The molecular weight excluding hydrogens is 531 g/mol. The van der Waals surface area contributed by atoms with Gasteiger partial charge in [-0.15, -0.1) is 0 Å². The second kappa shape index (κ2) is 11.7. The van der Waals surface area contributed by atoms with Crippen LogP contribution in [0.5, 0.6) is 0 Å². The SMILES string of the molecule is CN/C=C(/NC(=O)c1coc(-c2ccnc(/C(C)=C\CC(F)(F)F)c2)n1)C(=N)N1CC(C(=O)NC)C(C)(C)C1=O. The molecule has 0 aromatic carbocycles. The number of rotatable bonds is 8. The maximum Gasteiger partial charge on any atom is 0.392 e. The van der Waals surface area contributed by atoms with Gasteiger partial charge in [0.2, 0.25) is 17.7 Å². The number of nitrogens with one attached hydrogen (secondary N) is 4. The lowest BCUT2D eigenvalue weighted by molar-refractivity contribution is -0.136. The first-order valence-corrected chi connectivity index (χ1v) is 12.2. The number of amides is 3. The monoisotopic (exact) mass is 561 g/mol. The summed E-state index contributed by atoms with van der Waals surface area (Å²) in [5, 5.41) is 16.4. The molecule has 1 aliphatic heterocycles. The summed E-state index contributed by atoms with van der Waals surface area (Å²) in [6.45, 7) is 4.70. The summed E-state index contributed by atoms with van der Waals surface area (Å²) in [7, 11) is 3.01. The second-order valence-electron chi connectivity index (χ2n) is 9.63. The Hall–Kier alpha value is -4.49. The van der Waals surface area contributed by atoms with E-state index in [2.05, 4.69) is 25.9 Å². The van der Waals surface area contributed by atoms with Crippen LogP contribution in [0.2, 0.25) is 0 Å². The highest BCUT2D eigenvalue weighted by Gasteiger charge is 2.51. The van der Waals surface area contributed by atoms with Crippen LogP contribution in [0.1, 0.15) is 43.4 Å². The molecule has 14 heteroatoms. The molecule has 1 atom stereocenters. The number of nitrogens with zero attached hydrogens (tertiary/aromatic N) is 3. The Balaban J connectivity index is 1.78. The predicted molar refractivity (Wildman–Crippen MR) is 139 cm³/mol. The number of allylic oxidation sites excluding steroid dienone is 2.